The summed E-state index contributed by atoms with van der Waals surface area (Å²) in [4.78, 5) is 15.7. The fourth-order valence-electron chi connectivity index (χ4n) is 1.83. The van der Waals surface area contributed by atoms with Crippen LogP contribution in [0.1, 0.15) is 28.4 Å². The van der Waals surface area contributed by atoms with E-state index >= 15 is 0 Å². The van der Waals surface area contributed by atoms with Crippen LogP contribution in [-0.2, 0) is 11.3 Å². The Bertz CT molecular complexity index is 579. The van der Waals surface area contributed by atoms with Gasteiger partial charge in [0.15, 0.2) is 0 Å². The highest BCUT2D eigenvalue weighted by Gasteiger charge is 2.06. The zero-order chi connectivity index (χ0) is 14.4. The SMILES string of the molecule is CCOC(=O)c1ccc(NCc2ccccc2C)nc1. The van der Waals surface area contributed by atoms with E-state index in [1.807, 2.05) is 12.1 Å². The van der Waals surface area contributed by atoms with Gasteiger partial charge in [-0.15, -0.1) is 0 Å². The van der Waals surface area contributed by atoms with E-state index in [-0.39, 0.29) is 5.97 Å². The van der Waals surface area contributed by atoms with Crippen LogP contribution in [0, 0.1) is 6.92 Å². The Balaban J connectivity index is 1.98. The normalized spacial score (nSPS) is 10.1. The van der Waals surface area contributed by atoms with Gasteiger partial charge in [0, 0.05) is 12.7 Å². The molecule has 0 aliphatic heterocycles. The van der Waals surface area contributed by atoms with Crippen molar-refractivity contribution in [3.8, 4) is 0 Å². The summed E-state index contributed by atoms with van der Waals surface area (Å²) >= 11 is 0. The van der Waals surface area contributed by atoms with Gasteiger partial charge in [-0.1, -0.05) is 24.3 Å². The number of rotatable bonds is 5. The first-order valence-electron chi connectivity index (χ1n) is 6.62. The van der Waals surface area contributed by atoms with Crippen molar-refractivity contribution in [2.24, 2.45) is 0 Å². The number of benzene rings is 1. The van der Waals surface area contributed by atoms with Crippen molar-refractivity contribution >= 4 is 11.8 Å². The molecule has 0 saturated heterocycles. The molecule has 0 aliphatic carbocycles. The zero-order valence-electron chi connectivity index (χ0n) is 11.7. The summed E-state index contributed by atoms with van der Waals surface area (Å²) < 4.78 is 4.91. The second-order valence-electron chi connectivity index (χ2n) is 4.43. The van der Waals surface area contributed by atoms with Crippen LogP contribution in [0.4, 0.5) is 5.82 Å². The highest BCUT2D eigenvalue weighted by molar-refractivity contribution is 5.89. The minimum atomic E-state index is -0.342. The van der Waals surface area contributed by atoms with E-state index < -0.39 is 0 Å². The third kappa shape index (κ3) is 3.57. The molecule has 4 heteroatoms. The number of pyridine rings is 1. The second-order valence-corrected chi connectivity index (χ2v) is 4.43. The lowest BCUT2D eigenvalue weighted by Crippen LogP contribution is -2.07. The number of hydrogen-bond acceptors (Lipinski definition) is 4. The van der Waals surface area contributed by atoms with Crippen LogP contribution >= 0.6 is 0 Å². The Morgan fingerprint density at radius 1 is 1.25 bits per heavy atom. The molecule has 0 atom stereocenters. The molecule has 0 radical (unpaired) electrons. The van der Waals surface area contributed by atoms with Gasteiger partial charge < -0.3 is 10.1 Å². The fourth-order valence-corrected chi connectivity index (χ4v) is 1.83. The minimum Gasteiger partial charge on any atom is -0.462 e. The van der Waals surface area contributed by atoms with Gasteiger partial charge >= 0.3 is 5.97 Å². The molecule has 0 bridgehead atoms. The first-order valence-corrected chi connectivity index (χ1v) is 6.62. The highest BCUT2D eigenvalue weighted by Crippen LogP contribution is 2.11. The zero-order valence-corrected chi connectivity index (χ0v) is 11.7. The van der Waals surface area contributed by atoms with Gasteiger partial charge in [-0.2, -0.15) is 0 Å². The summed E-state index contributed by atoms with van der Waals surface area (Å²) in [6.45, 7) is 4.93. The van der Waals surface area contributed by atoms with Crippen molar-refractivity contribution in [1.29, 1.82) is 0 Å². The van der Waals surface area contributed by atoms with Crippen molar-refractivity contribution in [3.63, 3.8) is 0 Å². The molecule has 4 nitrogen and oxygen atoms in total. The van der Waals surface area contributed by atoms with Gasteiger partial charge in [-0.3, -0.25) is 0 Å². The monoisotopic (exact) mass is 270 g/mol. The van der Waals surface area contributed by atoms with Crippen LogP contribution in [0.5, 0.6) is 0 Å². The first kappa shape index (κ1) is 14.1. The van der Waals surface area contributed by atoms with Crippen molar-refractivity contribution in [3.05, 3.63) is 59.3 Å². The molecule has 0 amide bonds. The summed E-state index contributed by atoms with van der Waals surface area (Å²) in [5.41, 5.74) is 2.93. The molecule has 1 N–H and O–H groups in total. The van der Waals surface area contributed by atoms with Crippen molar-refractivity contribution in [2.45, 2.75) is 20.4 Å². The van der Waals surface area contributed by atoms with Gasteiger partial charge in [0.1, 0.15) is 5.82 Å². The van der Waals surface area contributed by atoms with E-state index in [0.29, 0.717) is 18.7 Å². The molecule has 1 heterocycles. The number of aromatic nitrogens is 1. The van der Waals surface area contributed by atoms with Gasteiger partial charge in [0.2, 0.25) is 0 Å². The summed E-state index contributed by atoms with van der Waals surface area (Å²) in [6.07, 6.45) is 1.53. The molecule has 0 unspecified atom stereocenters. The average Bonchev–Trinajstić information content (AvgIpc) is 2.47. The van der Waals surface area contributed by atoms with E-state index in [1.54, 1.807) is 19.1 Å². The van der Waals surface area contributed by atoms with Gasteiger partial charge in [0.05, 0.1) is 12.2 Å². The molecule has 2 aromatic rings. The molecule has 0 aliphatic rings. The maximum atomic E-state index is 11.5. The number of nitrogens with zero attached hydrogens (tertiary/aromatic N) is 1. The van der Waals surface area contributed by atoms with Crippen LogP contribution in [0.3, 0.4) is 0 Å². The van der Waals surface area contributed by atoms with Gasteiger partial charge in [-0.25, -0.2) is 9.78 Å². The number of hydrogen-bond donors (Lipinski definition) is 1. The Morgan fingerprint density at radius 2 is 2.05 bits per heavy atom. The number of anilines is 1. The average molecular weight is 270 g/mol. The summed E-state index contributed by atoms with van der Waals surface area (Å²) in [7, 11) is 0. The smallest absolute Gasteiger partial charge is 0.339 e. The Hall–Kier alpha value is -2.36. The van der Waals surface area contributed by atoms with Crippen LogP contribution in [0.15, 0.2) is 42.6 Å². The number of aryl methyl sites for hydroxylation is 1. The molecule has 0 spiro atoms. The first-order chi connectivity index (χ1) is 9.70. The van der Waals surface area contributed by atoms with E-state index in [9.17, 15) is 4.79 Å². The predicted molar refractivity (Wildman–Crippen MR) is 78.7 cm³/mol. The molecule has 0 saturated carbocycles. The van der Waals surface area contributed by atoms with Crippen LogP contribution in [0.2, 0.25) is 0 Å². The number of nitrogens with one attached hydrogen (secondary N) is 1. The molecule has 2 rings (SSSR count). The highest BCUT2D eigenvalue weighted by atomic mass is 16.5. The molecule has 104 valence electrons. The molecule has 1 aromatic heterocycles. The van der Waals surface area contributed by atoms with Gasteiger partial charge in [-0.05, 0) is 37.1 Å². The Labute approximate surface area is 118 Å². The van der Waals surface area contributed by atoms with E-state index in [2.05, 4.69) is 29.4 Å². The largest absolute Gasteiger partial charge is 0.462 e. The predicted octanol–water partition coefficient (Wildman–Crippen LogP) is 3.18. The number of carbonyl (C=O) groups is 1. The summed E-state index contributed by atoms with van der Waals surface area (Å²) in [5, 5.41) is 3.24. The standard InChI is InChI=1S/C16H18N2O2/c1-3-20-16(19)14-8-9-15(18-11-14)17-10-13-7-5-4-6-12(13)2/h4-9,11H,3,10H2,1-2H3,(H,17,18). The Kier molecular flexibility index (Phi) is 4.71. The number of ether oxygens (including phenoxy) is 1. The third-order valence-electron chi connectivity index (χ3n) is 3.00. The third-order valence-corrected chi connectivity index (χ3v) is 3.00. The number of carbonyl (C=O) groups excluding carboxylic acids is 1. The molecular formula is C16H18N2O2. The molecule has 20 heavy (non-hydrogen) atoms. The minimum absolute atomic E-state index is 0.342. The van der Waals surface area contributed by atoms with E-state index in [0.717, 1.165) is 5.82 Å². The summed E-state index contributed by atoms with van der Waals surface area (Å²) in [6, 6.07) is 11.7. The maximum absolute atomic E-state index is 11.5. The second kappa shape index (κ2) is 6.70. The topological polar surface area (TPSA) is 51.2 Å². The van der Waals surface area contributed by atoms with E-state index in [1.165, 1.54) is 17.3 Å². The molecule has 0 fully saturated rings. The summed E-state index contributed by atoms with van der Waals surface area (Å²) in [5.74, 6) is 0.395. The lowest BCUT2D eigenvalue weighted by molar-refractivity contribution is 0.0526. The van der Waals surface area contributed by atoms with Crippen molar-refractivity contribution in [1.82, 2.24) is 4.98 Å². The lowest BCUT2D eigenvalue weighted by atomic mass is 10.1. The van der Waals surface area contributed by atoms with Crippen molar-refractivity contribution < 1.29 is 9.53 Å². The fraction of sp³-hybridized carbons (Fsp3) is 0.250. The van der Waals surface area contributed by atoms with Crippen LogP contribution in [0.25, 0.3) is 0 Å². The quantitative estimate of drug-likeness (QED) is 0.848. The van der Waals surface area contributed by atoms with E-state index in [4.69, 9.17) is 4.74 Å². The molecular weight excluding hydrogens is 252 g/mol. The van der Waals surface area contributed by atoms with Crippen LogP contribution < -0.4 is 5.32 Å². The maximum Gasteiger partial charge on any atom is 0.339 e. The lowest BCUT2D eigenvalue weighted by Gasteiger charge is -2.08. The Morgan fingerprint density at radius 3 is 2.70 bits per heavy atom. The van der Waals surface area contributed by atoms with Gasteiger partial charge in [0.25, 0.3) is 0 Å². The van der Waals surface area contributed by atoms with Crippen LogP contribution in [-0.4, -0.2) is 17.6 Å². The number of esters is 1. The molecule has 1 aromatic carbocycles. The van der Waals surface area contributed by atoms with Crippen molar-refractivity contribution in [2.75, 3.05) is 11.9 Å².